The minimum Gasteiger partial charge on any atom is -0.330 e. The van der Waals surface area contributed by atoms with E-state index in [9.17, 15) is 0 Å². The number of nitrogens with two attached hydrogens (primary N) is 1. The Morgan fingerprint density at radius 1 is 1.33 bits per heavy atom. The number of hydrogen-bond acceptors (Lipinski definition) is 2. The molecule has 2 nitrogen and oxygen atoms in total. The summed E-state index contributed by atoms with van der Waals surface area (Å²) in [7, 11) is 0. The van der Waals surface area contributed by atoms with Crippen molar-refractivity contribution in [2.24, 2.45) is 17.1 Å². The van der Waals surface area contributed by atoms with Crippen molar-refractivity contribution in [1.29, 1.82) is 0 Å². The van der Waals surface area contributed by atoms with E-state index in [1.165, 1.54) is 32.4 Å². The SMILES string of the molecule is CC(C)(CN)C1CCCNCC1. The monoisotopic (exact) mass is 170 g/mol. The third-order valence-corrected chi connectivity index (χ3v) is 3.21. The highest BCUT2D eigenvalue weighted by Crippen LogP contribution is 2.32. The lowest BCUT2D eigenvalue weighted by molar-refractivity contribution is 0.203. The number of hydrogen-bond donors (Lipinski definition) is 2. The molecule has 1 atom stereocenters. The molecule has 72 valence electrons. The van der Waals surface area contributed by atoms with Crippen LogP contribution in [0.1, 0.15) is 33.1 Å². The van der Waals surface area contributed by atoms with E-state index in [1.807, 2.05) is 0 Å². The first-order chi connectivity index (χ1) is 5.67. The molecular formula is C10H22N2. The largest absolute Gasteiger partial charge is 0.330 e. The van der Waals surface area contributed by atoms with Crippen LogP contribution in [0.2, 0.25) is 0 Å². The third kappa shape index (κ3) is 2.46. The molecule has 1 rings (SSSR count). The number of nitrogens with one attached hydrogen (secondary N) is 1. The lowest BCUT2D eigenvalue weighted by Gasteiger charge is -2.32. The molecule has 0 amide bonds. The molecule has 0 saturated carbocycles. The fraction of sp³-hybridized carbons (Fsp3) is 1.00. The summed E-state index contributed by atoms with van der Waals surface area (Å²) < 4.78 is 0. The molecule has 1 heterocycles. The highest BCUT2D eigenvalue weighted by molar-refractivity contribution is 4.81. The van der Waals surface area contributed by atoms with Crippen molar-refractivity contribution in [1.82, 2.24) is 5.32 Å². The first-order valence-electron chi connectivity index (χ1n) is 5.07. The van der Waals surface area contributed by atoms with Crippen molar-refractivity contribution in [3.05, 3.63) is 0 Å². The lowest BCUT2D eigenvalue weighted by atomic mass is 9.75. The van der Waals surface area contributed by atoms with E-state index in [0.717, 1.165) is 12.5 Å². The molecule has 0 aromatic heterocycles. The van der Waals surface area contributed by atoms with Crippen molar-refractivity contribution in [3.63, 3.8) is 0 Å². The molecule has 0 radical (unpaired) electrons. The summed E-state index contributed by atoms with van der Waals surface area (Å²) >= 11 is 0. The average molecular weight is 170 g/mol. The zero-order chi connectivity index (χ0) is 9.03. The van der Waals surface area contributed by atoms with Gasteiger partial charge >= 0.3 is 0 Å². The van der Waals surface area contributed by atoms with Crippen LogP contribution < -0.4 is 11.1 Å². The van der Waals surface area contributed by atoms with Crippen molar-refractivity contribution >= 4 is 0 Å². The van der Waals surface area contributed by atoms with Gasteiger partial charge in [0.25, 0.3) is 0 Å². The zero-order valence-electron chi connectivity index (χ0n) is 8.40. The average Bonchev–Trinajstić information content (AvgIpc) is 2.32. The summed E-state index contributed by atoms with van der Waals surface area (Å²) in [6.07, 6.45) is 3.95. The fourth-order valence-corrected chi connectivity index (χ4v) is 1.97. The summed E-state index contributed by atoms with van der Waals surface area (Å²) in [6, 6.07) is 0. The second-order valence-electron chi connectivity index (χ2n) is 4.57. The first-order valence-corrected chi connectivity index (χ1v) is 5.07. The Labute approximate surface area is 75.9 Å². The second kappa shape index (κ2) is 4.24. The van der Waals surface area contributed by atoms with Crippen LogP contribution in [-0.4, -0.2) is 19.6 Å². The van der Waals surface area contributed by atoms with E-state index in [1.54, 1.807) is 0 Å². The van der Waals surface area contributed by atoms with Gasteiger partial charge in [0.2, 0.25) is 0 Å². The van der Waals surface area contributed by atoms with Crippen LogP contribution in [0.5, 0.6) is 0 Å². The van der Waals surface area contributed by atoms with Gasteiger partial charge in [0.1, 0.15) is 0 Å². The minimum absolute atomic E-state index is 0.339. The van der Waals surface area contributed by atoms with Gasteiger partial charge in [0.15, 0.2) is 0 Å². The maximum absolute atomic E-state index is 5.77. The Kier molecular flexibility index (Phi) is 3.53. The summed E-state index contributed by atoms with van der Waals surface area (Å²) in [6.45, 7) is 7.77. The Morgan fingerprint density at radius 2 is 2.08 bits per heavy atom. The molecule has 1 aliphatic rings. The van der Waals surface area contributed by atoms with Gasteiger partial charge in [-0.1, -0.05) is 13.8 Å². The highest BCUT2D eigenvalue weighted by atomic mass is 14.9. The van der Waals surface area contributed by atoms with Crippen LogP contribution >= 0.6 is 0 Å². The van der Waals surface area contributed by atoms with Gasteiger partial charge in [0.05, 0.1) is 0 Å². The zero-order valence-corrected chi connectivity index (χ0v) is 8.40. The lowest BCUT2D eigenvalue weighted by Crippen LogP contribution is -2.32. The molecule has 3 N–H and O–H groups in total. The Balaban J connectivity index is 2.47. The fourth-order valence-electron chi connectivity index (χ4n) is 1.97. The molecule has 0 aliphatic carbocycles. The standard InChI is InChI=1S/C10H22N2/c1-10(2,8-11)9-4-3-6-12-7-5-9/h9,12H,3-8,11H2,1-2H3. The van der Waals surface area contributed by atoms with Gasteiger partial charge in [-0.25, -0.2) is 0 Å². The molecule has 1 saturated heterocycles. The van der Waals surface area contributed by atoms with Crippen LogP contribution in [0.15, 0.2) is 0 Å². The van der Waals surface area contributed by atoms with E-state index >= 15 is 0 Å². The van der Waals surface area contributed by atoms with Crippen molar-refractivity contribution in [2.45, 2.75) is 33.1 Å². The van der Waals surface area contributed by atoms with Crippen LogP contribution in [-0.2, 0) is 0 Å². The van der Waals surface area contributed by atoms with Crippen LogP contribution in [0.4, 0.5) is 0 Å². The topological polar surface area (TPSA) is 38.0 Å². The smallest absolute Gasteiger partial charge is 0.00232 e. The quantitative estimate of drug-likeness (QED) is 0.656. The molecule has 0 bridgehead atoms. The molecular weight excluding hydrogens is 148 g/mol. The number of rotatable bonds is 2. The molecule has 0 aromatic rings. The molecule has 2 heteroatoms. The van der Waals surface area contributed by atoms with Gasteiger partial charge in [-0.2, -0.15) is 0 Å². The van der Waals surface area contributed by atoms with Gasteiger partial charge in [-0.15, -0.1) is 0 Å². The Bertz CT molecular complexity index is 124. The highest BCUT2D eigenvalue weighted by Gasteiger charge is 2.27. The third-order valence-electron chi connectivity index (χ3n) is 3.21. The normalized spacial score (nSPS) is 26.8. The maximum Gasteiger partial charge on any atom is -0.00232 e. The Hall–Kier alpha value is -0.0800. The van der Waals surface area contributed by atoms with E-state index in [0.29, 0.717) is 5.41 Å². The van der Waals surface area contributed by atoms with E-state index in [4.69, 9.17) is 5.73 Å². The summed E-state index contributed by atoms with van der Waals surface area (Å²) in [5, 5.41) is 3.43. The van der Waals surface area contributed by atoms with Crippen LogP contribution in [0, 0.1) is 11.3 Å². The molecule has 1 aliphatic heterocycles. The van der Waals surface area contributed by atoms with Crippen LogP contribution in [0.25, 0.3) is 0 Å². The predicted molar refractivity (Wildman–Crippen MR) is 53.0 cm³/mol. The van der Waals surface area contributed by atoms with Gasteiger partial charge in [-0.3, -0.25) is 0 Å². The van der Waals surface area contributed by atoms with E-state index in [-0.39, 0.29) is 0 Å². The van der Waals surface area contributed by atoms with Gasteiger partial charge in [-0.05, 0) is 50.2 Å². The van der Waals surface area contributed by atoms with Crippen LogP contribution in [0.3, 0.4) is 0 Å². The van der Waals surface area contributed by atoms with E-state index in [2.05, 4.69) is 19.2 Å². The molecule has 0 spiro atoms. The van der Waals surface area contributed by atoms with E-state index < -0.39 is 0 Å². The minimum atomic E-state index is 0.339. The Morgan fingerprint density at radius 3 is 2.75 bits per heavy atom. The molecule has 1 fully saturated rings. The first kappa shape index (κ1) is 10.0. The second-order valence-corrected chi connectivity index (χ2v) is 4.57. The molecule has 1 unspecified atom stereocenters. The van der Waals surface area contributed by atoms with Gasteiger partial charge < -0.3 is 11.1 Å². The maximum atomic E-state index is 5.77. The summed E-state index contributed by atoms with van der Waals surface area (Å²) in [5.74, 6) is 0.817. The van der Waals surface area contributed by atoms with Crippen molar-refractivity contribution in [3.8, 4) is 0 Å². The van der Waals surface area contributed by atoms with Crippen molar-refractivity contribution in [2.75, 3.05) is 19.6 Å². The predicted octanol–water partition coefficient (Wildman–Crippen LogP) is 1.36. The summed E-state index contributed by atoms with van der Waals surface area (Å²) in [5.41, 5.74) is 6.11. The molecule has 12 heavy (non-hydrogen) atoms. The van der Waals surface area contributed by atoms with Crippen molar-refractivity contribution < 1.29 is 0 Å². The van der Waals surface area contributed by atoms with Gasteiger partial charge in [0, 0.05) is 0 Å². The molecule has 0 aromatic carbocycles. The summed E-state index contributed by atoms with van der Waals surface area (Å²) in [4.78, 5) is 0.